The van der Waals surface area contributed by atoms with Gasteiger partial charge >= 0.3 is 5.97 Å². The van der Waals surface area contributed by atoms with Crippen LogP contribution in [-0.4, -0.2) is 11.1 Å². The number of rotatable bonds is 1. The van der Waals surface area contributed by atoms with Crippen molar-refractivity contribution in [1.29, 1.82) is 0 Å². The maximum atomic E-state index is 10.6. The minimum atomic E-state index is -0.884. The monoisotopic (exact) mass is 152 g/mol. The Balaban J connectivity index is 3.32. The lowest BCUT2D eigenvalue weighted by atomic mass is 10.2. The second kappa shape index (κ2) is 2.70. The van der Waals surface area contributed by atoms with E-state index >= 15 is 0 Å². The van der Waals surface area contributed by atoms with E-state index in [-0.39, 0.29) is 0 Å². The summed E-state index contributed by atoms with van der Waals surface area (Å²) >= 11 is 0. The summed E-state index contributed by atoms with van der Waals surface area (Å²) in [4.78, 5) is 10.6. The molecule has 3 heteroatoms. The van der Waals surface area contributed by atoms with Crippen molar-refractivity contribution in [2.24, 2.45) is 7.05 Å². The largest absolute Gasteiger partial charge is 0.473 e. The third kappa shape index (κ3) is 1.37. The third-order valence-corrected chi connectivity index (χ3v) is 1.58. The van der Waals surface area contributed by atoms with Gasteiger partial charge in [0.2, 0.25) is 0 Å². The van der Waals surface area contributed by atoms with Crippen molar-refractivity contribution >= 4 is 5.97 Å². The number of aryl methyl sites for hydroxylation is 2. The van der Waals surface area contributed by atoms with E-state index < -0.39 is 5.97 Å². The molecule has 11 heavy (non-hydrogen) atoms. The van der Waals surface area contributed by atoms with Crippen LogP contribution in [0.3, 0.4) is 0 Å². The molecular weight excluding hydrogens is 142 g/mol. The molecule has 0 aliphatic rings. The van der Waals surface area contributed by atoms with Crippen LogP contribution < -0.4 is 4.57 Å². The van der Waals surface area contributed by atoms with Gasteiger partial charge in [0.1, 0.15) is 7.05 Å². The van der Waals surface area contributed by atoms with Gasteiger partial charge in [-0.3, -0.25) is 0 Å². The molecule has 0 radical (unpaired) electrons. The Hall–Kier alpha value is -1.38. The zero-order chi connectivity index (χ0) is 8.43. The highest BCUT2D eigenvalue weighted by Gasteiger charge is 2.17. The molecule has 0 saturated carbocycles. The quantitative estimate of drug-likeness (QED) is 0.596. The van der Waals surface area contributed by atoms with E-state index in [1.54, 1.807) is 30.8 Å². The molecule has 0 spiro atoms. The van der Waals surface area contributed by atoms with Gasteiger partial charge < -0.3 is 5.11 Å². The number of carbonyl (C=O) groups is 1. The molecule has 1 rings (SSSR count). The second-order valence-corrected chi connectivity index (χ2v) is 2.46. The average Bonchev–Trinajstić information content (AvgIpc) is 1.85. The molecule has 0 bridgehead atoms. The molecule has 0 aliphatic carbocycles. The first kappa shape index (κ1) is 7.72. The summed E-state index contributed by atoms with van der Waals surface area (Å²) in [7, 11) is 1.72. The fourth-order valence-electron chi connectivity index (χ4n) is 1.07. The normalized spacial score (nSPS) is 9.64. The Morgan fingerprint density at radius 2 is 2.27 bits per heavy atom. The van der Waals surface area contributed by atoms with Crippen LogP contribution in [0.4, 0.5) is 0 Å². The van der Waals surface area contributed by atoms with Crippen LogP contribution >= 0.6 is 0 Å². The van der Waals surface area contributed by atoms with Gasteiger partial charge in [-0.1, -0.05) is 0 Å². The molecule has 58 valence electrons. The molecular formula is C8H10NO2+. The minimum Gasteiger partial charge on any atom is -0.473 e. The van der Waals surface area contributed by atoms with Gasteiger partial charge in [0.15, 0.2) is 6.20 Å². The Bertz CT molecular complexity index is 274. The fourth-order valence-corrected chi connectivity index (χ4v) is 1.07. The van der Waals surface area contributed by atoms with Crippen LogP contribution in [-0.2, 0) is 7.05 Å². The van der Waals surface area contributed by atoms with E-state index in [9.17, 15) is 4.79 Å². The lowest BCUT2D eigenvalue weighted by Crippen LogP contribution is -2.36. The van der Waals surface area contributed by atoms with Crippen molar-refractivity contribution in [1.82, 2.24) is 0 Å². The smallest absolute Gasteiger partial charge is 0.401 e. The van der Waals surface area contributed by atoms with Crippen molar-refractivity contribution in [3.8, 4) is 0 Å². The molecule has 0 aliphatic heterocycles. The van der Waals surface area contributed by atoms with E-state index in [4.69, 9.17) is 5.11 Å². The van der Waals surface area contributed by atoms with Crippen LogP contribution in [0.1, 0.15) is 16.1 Å². The van der Waals surface area contributed by atoms with Crippen LogP contribution in [0.2, 0.25) is 0 Å². The Kier molecular flexibility index (Phi) is 1.89. The zero-order valence-electron chi connectivity index (χ0n) is 6.53. The molecule has 0 aromatic carbocycles. The fraction of sp³-hybridized carbons (Fsp3) is 0.250. The molecule has 1 aromatic heterocycles. The number of aromatic carboxylic acids is 1. The summed E-state index contributed by atoms with van der Waals surface area (Å²) in [5.41, 5.74) is 1.12. The molecule has 1 aromatic rings. The van der Waals surface area contributed by atoms with E-state index in [2.05, 4.69) is 0 Å². The molecule has 0 fully saturated rings. The van der Waals surface area contributed by atoms with E-state index in [1.807, 2.05) is 6.07 Å². The zero-order valence-corrected chi connectivity index (χ0v) is 6.53. The number of pyridine rings is 1. The first-order valence-electron chi connectivity index (χ1n) is 3.31. The molecule has 0 saturated heterocycles. The van der Waals surface area contributed by atoms with Crippen molar-refractivity contribution in [2.75, 3.05) is 0 Å². The van der Waals surface area contributed by atoms with Gasteiger partial charge in [-0.2, -0.15) is 4.57 Å². The van der Waals surface area contributed by atoms with Gasteiger partial charge in [-0.25, -0.2) is 4.79 Å². The summed E-state index contributed by atoms with van der Waals surface area (Å²) in [5, 5.41) is 8.73. The first-order valence-corrected chi connectivity index (χ1v) is 3.31. The Labute approximate surface area is 64.9 Å². The highest BCUT2D eigenvalue weighted by molar-refractivity contribution is 5.85. The van der Waals surface area contributed by atoms with E-state index in [0.717, 1.165) is 5.56 Å². The Morgan fingerprint density at radius 3 is 2.64 bits per heavy atom. The van der Waals surface area contributed by atoms with E-state index in [1.165, 1.54) is 0 Å². The number of hydrogen-bond donors (Lipinski definition) is 1. The highest BCUT2D eigenvalue weighted by atomic mass is 16.4. The topological polar surface area (TPSA) is 41.2 Å². The van der Waals surface area contributed by atoms with Crippen molar-refractivity contribution < 1.29 is 14.5 Å². The molecule has 3 nitrogen and oxygen atoms in total. The molecule has 0 atom stereocenters. The number of carboxylic acids is 1. The number of aromatic nitrogens is 1. The maximum Gasteiger partial charge on any atom is 0.401 e. The van der Waals surface area contributed by atoms with Gasteiger partial charge in [-0.05, 0) is 13.0 Å². The van der Waals surface area contributed by atoms with Crippen LogP contribution in [0.5, 0.6) is 0 Å². The van der Waals surface area contributed by atoms with Gasteiger partial charge in [0.05, 0.1) is 0 Å². The summed E-state index contributed by atoms with van der Waals surface area (Å²) in [6, 6.07) is 3.60. The van der Waals surface area contributed by atoms with Crippen LogP contribution in [0.25, 0.3) is 0 Å². The van der Waals surface area contributed by atoms with Gasteiger partial charge in [0.25, 0.3) is 5.69 Å². The number of carboxylic acid groups (broad SMARTS) is 1. The van der Waals surface area contributed by atoms with E-state index in [0.29, 0.717) is 5.69 Å². The van der Waals surface area contributed by atoms with Gasteiger partial charge in [-0.15, -0.1) is 0 Å². The molecule has 1 heterocycles. The molecule has 0 amide bonds. The predicted octanol–water partition coefficient (Wildman–Crippen LogP) is 0.518. The third-order valence-electron chi connectivity index (χ3n) is 1.58. The average molecular weight is 152 g/mol. The van der Waals surface area contributed by atoms with Crippen molar-refractivity contribution in [3.63, 3.8) is 0 Å². The molecule has 1 N–H and O–H groups in total. The first-order chi connectivity index (χ1) is 5.13. The minimum absolute atomic E-state index is 0.340. The van der Waals surface area contributed by atoms with Gasteiger partial charge in [0, 0.05) is 11.6 Å². The van der Waals surface area contributed by atoms with Crippen molar-refractivity contribution in [3.05, 3.63) is 29.6 Å². The lowest BCUT2D eigenvalue weighted by molar-refractivity contribution is -0.674. The van der Waals surface area contributed by atoms with Crippen LogP contribution in [0.15, 0.2) is 18.3 Å². The predicted molar refractivity (Wildman–Crippen MR) is 39.3 cm³/mol. The summed E-state index contributed by atoms with van der Waals surface area (Å²) in [6.45, 7) is 1.78. The van der Waals surface area contributed by atoms with Crippen LogP contribution in [0, 0.1) is 6.92 Å². The summed E-state index contributed by atoms with van der Waals surface area (Å²) < 4.78 is 1.59. The van der Waals surface area contributed by atoms with Crippen molar-refractivity contribution in [2.45, 2.75) is 6.92 Å². The second-order valence-electron chi connectivity index (χ2n) is 2.46. The number of hydrogen-bond acceptors (Lipinski definition) is 1. The maximum absolute atomic E-state index is 10.6. The lowest BCUT2D eigenvalue weighted by Gasteiger charge is -1.96. The SMILES string of the molecule is Cc1ccc[n+](C)c1C(=O)O. The summed E-state index contributed by atoms with van der Waals surface area (Å²) in [5.74, 6) is -0.884. The molecule has 0 unspecified atom stereocenters. The highest BCUT2D eigenvalue weighted by Crippen LogP contribution is 1.99. The Morgan fingerprint density at radius 1 is 1.64 bits per heavy atom. The number of nitrogens with zero attached hydrogens (tertiary/aromatic N) is 1. The standard InChI is InChI=1S/C8H9NO2/c1-6-4-3-5-9(2)7(6)8(10)11/h3-5H,1-2H3/p+1. The summed E-state index contributed by atoms with van der Waals surface area (Å²) in [6.07, 6.45) is 1.72.